The molecule has 0 aliphatic heterocycles. The molecule has 0 bridgehead atoms. The van der Waals surface area contributed by atoms with E-state index in [-0.39, 0.29) is 11.7 Å². The molecule has 18 heavy (non-hydrogen) atoms. The Hall–Kier alpha value is -1.97. The molecule has 0 amide bonds. The van der Waals surface area contributed by atoms with Gasteiger partial charge in [-0.05, 0) is 37.1 Å². The van der Waals surface area contributed by atoms with E-state index in [4.69, 9.17) is 26.9 Å². The smallest absolute Gasteiger partial charge is 0.138 e. The highest BCUT2D eigenvalue weighted by Gasteiger charge is 2.06. The molecule has 0 aliphatic carbocycles. The molecular formula is C14H13ClN2O. The number of ether oxygens (including phenoxy) is 1. The summed E-state index contributed by atoms with van der Waals surface area (Å²) in [5, 5.41) is 17.8. The fourth-order valence-electron chi connectivity index (χ4n) is 1.26. The van der Waals surface area contributed by atoms with E-state index in [1.165, 1.54) is 6.08 Å². The summed E-state index contributed by atoms with van der Waals surface area (Å²) in [6.07, 6.45) is 2.47. The SMILES string of the molecule is CC[C@@H](C)Oc1ccc(C=C(C#N)C#N)cc1Cl. The van der Waals surface area contributed by atoms with E-state index in [1.54, 1.807) is 30.3 Å². The van der Waals surface area contributed by atoms with Crippen LogP contribution in [0.25, 0.3) is 6.08 Å². The highest BCUT2D eigenvalue weighted by atomic mass is 35.5. The Morgan fingerprint density at radius 2 is 2.11 bits per heavy atom. The normalized spacial score (nSPS) is 10.9. The van der Waals surface area contributed by atoms with Gasteiger partial charge >= 0.3 is 0 Å². The Morgan fingerprint density at radius 1 is 1.44 bits per heavy atom. The van der Waals surface area contributed by atoms with E-state index >= 15 is 0 Å². The molecular weight excluding hydrogens is 248 g/mol. The van der Waals surface area contributed by atoms with Crippen molar-refractivity contribution in [2.75, 3.05) is 0 Å². The molecule has 0 saturated carbocycles. The van der Waals surface area contributed by atoms with E-state index in [1.807, 2.05) is 13.8 Å². The number of benzene rings is 1. The van der Waals surface area contributed by atoms with Crippen molar-refractivity contribution in [2.24, 2.45) is 0 Å². The predicted octanol–water partition coefficient (Wildman–Crippen LogP) is 3.95. The highest BCUT2D eigenvalue weighted by Crippen LogP contribution is 2.27. The van der Waals surface area contributed by atoms with Gasteiger partial charge in [-0.3, -0.25) is 0 Å². The second kappa shape index (κ2) is 6.69. The first-order chi connectivity index (χ1) is 8.60. The van der Waals surface area contributed by atoms with Gasteiger partial charge in [0.2, 0.25) is 0 Å². The summed E-state index contributed by atoms with van der Waals surface area (Å²) in [6.45, 7) is 4.00. The zero-order chi connectivity index (χ0) is 13.5. The van der Waals surface area contributed by atoms with Gasteiger partial charge in [-0.25, -0.2) is 0 Å². The molecule has 0 radical (unpaired) electrons. The van der Waals surface area contributed by atoms with Gasteiger partial charge < -0.3 is 4.74 Å². The van der Waals surface area contributed by atoms with E-state index in [9.17, 15) is 0 Å². The minimum atomic E-state index is 0.0432. The van der Waals surface area contributed by atoms with Crippen molar-refractivity contribution in [1.82, 2.24) is 0 Å². The van der Waals surface area contributed by atoms with E-state index in [2.05, 4.69) is 0 Å². The summed E-state index contributed by atoms with van der Waals surface area (Å²) in [6, 6.07) is 8.78. The third-order valence-electron chi connectivity index (χ3n) is 2.41. The molecule has 0 unspecified atom stereocenters. The Morgan fingerprint density at radius 3 is 2.61 bits per heavy atom. The minimum Gasteiger partial charge on any atom is -0.489 e. The van der Waals surface area contributed by atoms with Crippen LogP contribution in [-0.4, -0.2) is 6.10 Å². The highest BCUT2D eigenvalue weighted by molar-refractivity contribution is 6.32. The van der Waals surface area contributed by atoms with E-state index in [0.29, 0.717) is 16.3 Å². The fraction of sp³-hybridized carbons (Fsp3) is 0.286. The van der Waals surface area contributed by atoms with Crippen LogP contribution in [0.3, 0.4) is 0 Å². The molecule has 92 valence electrons. The number of hydrogen-bond donors (Lipinski definition) is 0. The summed E-state index contributed by atoms with van der Waals surface area (Å²) in [7, 11) is 0. The first-order valence-corrected chi connectivity index (χ1v) is 5.96. The average Bonchev–Trinajstić information content (AvgIpc) is 2.38. The monoisotopic (exact) mass is 260 g/mol. The van der Waals surface area contributed by atoms with Crippen molar-refractivity contribution in [2.45, 2.75) is 26.4 Å². The standard InChI is InChI=1S/C14H13ClN2O/c1-3-10(2)18-14-5-4-11(7-13(14)15)6-12(8-16)9-17/h4-7,10H,3H2,1-2H3/t10-/m1/s1. The maximum Gasteiger partial charge on any atom is 0.138 e. The lowest BCUT2D eigenvalue weighted by molar-refractivity contribution is 0.217. The van der Waals surface area contributed by atoms with Crippen LogP contribution < -0.4 is 4.74 Å². The van der Waals surface area contributed by atoms with Crippen LogP contribution in [0.5, 0.6) is 5.75 Å². The molecule has 1 aromatic rings. The molecule has 0 aromatic heterocycles. The lowest BCUT2D eigenvalue weighted by Gasteiger charge is -2.13. The lowest BCUT2D eigenvalue weighted by Crippen LogP contribution is -2.09. The number of nitriles is 2. The van der Waals surface area contributed by atoms with Crippen molar-refractivity contribution < 1.29 is 4.74 Å². The number of nitrogens with zero attached hydrogens (tertiary/aromatic N) is 2. The van der Waals surface area contributed by atoms with Crippen LogP contribution in [0.15, 0.2) is 23.8 Å². The fourth-order valence-corrected chi connectivity index (χ4v) is 1.49. The first-order valence-electron chi connectivity index (χ1n) is 5.58. The molecule has 3 nitrogen and oxygen atoms in total. The first kappa shape index (κ1) is 14.1. The van der Waals surface area contributed by atoms with Gasteiger partial charge in [-0.2, -0.15) is 10.5 Å². The summed E-state index contributed by atoms with van der Waals surface area (Å²) < 4.78 is 5.62. The molecule has 0 saturated heterocycles. The number of hydrogen-bond acceptors (Lipinski definition) is 3. The maximum atomic E-state index is 8.66. The van der Waals surface area contributed by atoms with Crippen LogP contribution in [0.1, 0.15) is 25.8 Å². The van der Waals surface area contributed by atoms with Gasteiger partial charge in [0, 0.05) is 0 Å². The van der Waals surface area contributed by atoms with Crippen LogP contribution in [-0.2, 0) is 0 Å². The zero-order valence-corrected chi connectivity index (χ0v) is 11.0. The number of rotatable bonds is 4. The summed E-state index contributed by atoms with van der Waals surface area (Å²) in [4.78, 5) is 0. The molecule has 0 fully saturated rings. The van der Waals surface area contributed by atoms with Gasteiger partial charge in [-0.15, -0.1) is 0 Å². The predicted molar refractivity (Wildman–Crippen MR) is 71.0 cm³/mol. The molecule has 1 aromatic carbocycles. The van der Waals surface area contributed by atoms with Crippen LogP contribution in [0.4, 0.5) is 0 Å². The van der Waals surface area contributed by atoms with E-state index in [0.717, 1.165) is 6.42 Å². The Labute approximate surface area is 112 Å². The maximum absolute atomic E-state index is 8.66. The molecule has 1 rings (SSSR count). The number of halogens is 1. The Bertz CT molecular complexity index is 522. The Balaban J connectivity index is 2.97. The van der Waals surface area contributed by atoms with Crippen molar-refractivity contribution in [3.05, 3.63) is 34.4 Å². The third kappa shape index (κ3) is 3.80. The largest absolute Gasteiger partial charge is 0.489 e. The quantitative estimate of drug-likeness (QED) is 0.770. The zero-order valence-electron chi connectivity index (χ0n) is 10.3. The second-order valence-corrected chi connectivity index (χ2v) is 4.22. The topological polar surface area (TPSA) is 56.8 Å². The van der Waals surface area contributed by atoms with Crippen molar-refractivity contribution in [3.8, 4) is 17.9 Å². The molecule has 0 N–H and O–H groups in total. The van der Waals surface area contributed by atoms with Gasteiger partial charge in [0.25, 0.3) is 0 Å². The van der Waals surface area contributed by atoms with Gasteiger partial charge in [0.05, 0.1) is 11.1 Å². The molecule has 4 heteroatoms. The summed E-state index contributed by atoms with van der Waals surface area (Å²) in [5.41, 5.74) is 0.747. The van der Waals surface area contributed by atoms with Gasteiger partial charge in [-0.1, -0.05) is 24.6 Å². The summed E-state index contributed by atoms with van der Waals surface area (Å²) >= 11 is 6.08. The molecule has 1 atom stereocenters. The van der Waals surface area contributed by atoms with Crippen molar-refractivity contribution >= 4 is 17.7 Å². The third-order valence-corrected chi connectivity index (χ3v) is 2.71. The summed E-state index contributed by atoms with van der Waals surface area (Å²) in [5.74, 6) is 0.610. The number of allylic oxidation sites excluding steroid dienone is 1. The van der Waals surface area contributed by atoms with E-state index < -0.39 is 0 Å². The molecule has 0 heterocycles. The van der Waals surface area contributed by atoms with Gasteiger partial charge in [0.1, 0.15) is 23.5 Å². The average molecular weight is 261 g/mol. The van der Waals surface area contributed by atoms with Crippen LogP contribution in [0.2, 0.25) is 5.02 Å². The van der Waals surface area contributed by atoms with Crippen molar-refractivity contribution in [3.63, 3.8) is 0 Å². The second-order valence-electron chi connectivity index (χ2n) is 3.81. The van der Waals surface area contributed by atoms with Crippen LogP contribution >= 0.6 is 11.6 Å². The van der Waals surface area contributed by atoms with Gasteiger partial charge in [0.15, 0.2) is 0 Å². The molecule has 0 spiro atoms. The Kier molecular flexibility index (Phi) is 5.24. The molecule has 0 aliphatic rings. The minimum absolute atomic E-state index is 0.0432. The van der Waals surface area contributed by atoms with Crippen LogP contribution in [0, 0.1) is 22.7 Å². The van der Waals surface area contributed by atoms with Crippen molar-refractivity contribution in [1.29, 1.82) is 10.5 Å². The lowest BCUT2D eigenvalue weighted by atomic mass is 10.1.